The summed E-state index contributed by atoms with van der Waals surface area (Å²) in [5.74, 6) is -0.0535. The van der Waals surface area contributed by atoms with Gasteiger partial charge in [0.2, 0.25) is 11.5 Å². The Balaban J connectivity index is 2.20. The number of nitrogens with zero attached hydrogens (tertiary/aromatic N) is 3. The Morgan fingerprint density at radius 1 is 1.39 bits per heavy atom. The number of Topliss-reactive ketones (excluding diaryl/α,β-unsaturated/α-hetero) is 1. The number of benzene rings is 1. The van der Waals surface area contributed by atoms with E-state index in [1.54, 1.807) is 30.3 Å². The second kappa shape index (κ2) is 6.63. The van der Waals surface area contributed by atoms with Gasteiger partial charge in [-0.15, -0.1) is 0 Å². The van der Waals surface area contributed by atoms with E-state index < -0.39 is 5.78 Å². The van der Waals surface area contributed by atoms with Gasteiger partial charge >= 0.3 is 0 Å². The van der Waals surface area contributed by atoms with E-state index in [9.17, 15) is 4.79 Å². The van der Waals surface area contributed by atoms with Gasteiger partial charge < -0.3 is 4.52 Å². The zero-order chi connectivity index (χ0) is 17.0. The minimum absolute atomic E-state index is 0.0446. The van der Waals surface area contributed by atoms with E-state index in [-0.39, 0.29) is 16.8 Å². The molecule has 2 aromatic rings. The molecule has 0 saturated heterocycles. The van der Waals surface area contributed by atoms with Gasteiger partial charge in [-0.25, -0.2) is 0 Å². The third-order valence-electron chi connectivity index (χ3n) is 2.92. The number of nitrogens with one attached hydrogen (secondary N) is 1. The fourth-order valence-electron chi connectivity index (χ4n) is 1.66. The second-order valence-corrected chi connectivity index (χ2v) is 6.29. The van der Waals surface area contributed by atoms with Gasteiger partial charge in [0.15, 0.2) is 5.69 Å². The number of carbonyl (C=O) groups is 1. The number of aromatic nitrogens is 1. The van der Waals surface area contributed by atoms with E-state index in [0.29, 0.717) is 16.5 Å². The summed E-state index contributed by atoms with van der Waals surface area (Å²) in [7, 11) is 0. The van der Waals surface area contributed by atoms with Crippen LogP contribution in [-0.4, -0.2) is 16.7 Å². The summed E-state index contributed by atoms with van der Waals surface area (Å²) in [6.45, 7) is 5.80. The lowest BCUT2D eigenvalue weighted by Crippen LogP contribution is -2.15. The van der Waals surface area contributed by atoms with Crippen LogP contribution in [0.25, 0.3) is 0 Å². The summed E-state index contributed by atoms with van der Waals surface area (Å²) in [6, 6.07) is 10.0. The summed E-state index contributed by atoms with van der Waals surface area (Å²) >= 11 is 5.86. The third-order valence-corrected chi connectivity index (χ3v) is 3.16. The molecule has 7 heteroatoms. The molecule has 2 rings (SSSR count). The van der Waals surface area contributed by atoms with Crippen molar-refractivity contribution in [2.75, 3.05) is 5.43 Å². The molecule has 1 N–H and O–H groups in total. The highest BCUT2D eigenvalue weighted by atomic mass is 35.5. The molecule has 0 spiro atoms. The average molecular weight is 331 g/mol. The summed E-state index contributed by atoms with van der Waals surface area (Å²) in [6.07, 6.45) is 0. The Morgan fingerprint density at radius 2 is 2.13 bits per heavy atom. The molecule has 0 aliphatic heterocycles. The molecule has 0 fully saturated rings. The number of hydrazone groups is 1. The van der Waals surface area contributed by atoms with Crippen LogP contribution in [0.1, 0.15) is 37.0 Å². The fourth-order valence-corrected chi connectivity index (χ4v) is 1.85. The molecule has 118 valence electrons. The molecule has 0 radical (unpaired) electrons. The molecule has 0 atom stereocenters. The van der Waals surface area contributed by atoms with Crippen LogP contribution in [0.5, 0.6) is 0 Å². The van der Waals surface area contributed by atoms with Crippen LogP contribution in [0.4, 0.5) is 5.69 Å². The SMILES string of the molecule is CC(C)(C)c1cc(C(=O)/C(C#N)=N\Nc2cccc(Cl)c2)no1. The highest BCUT2D eigenvalue weighted by Crippen LogP contribution is 2.23. The number of anilines is 1. The summed E-state index contributed by atoms with van der Waals surface area (Å²) < 4.78 is 5.15. The van der Waals surface area contributed by atoms with Gasteiger partial charge in [0.1, 0.15) is 11.8 Å². The first-order chi connectivity index (χ1) is 10.8. The highest BCUT2D eigenvalue weighted by molar-refractivity contribution is 6.51. The van der Waals surface area contributed by atoms with Crippen molar-refractivity contribution in [3.8, 4) is 6.07 Å². The summed E-state index contributed by atoms with van der Waals surface area (Å²) in [5.41, 5.74) is 2.63. The normalized spacial score (nSPS) is 11.9. The molecular weight excluding hydrogens is 316 g/mol. The molecule has 1 aromatic heterocycles. The summed E-state index contributed by atoms with van der Waals surface area (Å²) in [5, 5.41) is 17.2. The minimum Gasteiger partial charge on any atom is -0.360 e. The monoisotopic (exact) mass is 330 g/mol. The number of carbonyl (C=O) groups excluding carboxylic acids is 1. The second-order valence-electron chi connectivity index (χ2n) is 5.85. The van der Waals surface area contributed by atoms with Crippen LogP contribution in [0, 0.1) is 11.3 Å². The van der Waals surface area contributed by atoms with Gasteiger partial charge in [0.25, 0.3) is 0 Å². The molecule has 6 nitrogen and oxygen atoms in total. The molecule has 0 unspecified atom stereocenters. The van der Waals surface area contributed by atoms with Crippen LogP contribution in [0.2, 0.25) is 5.02 Å². The van der Waals surface area contributed by atoms with Crippen molar-refractivity contribution in [1.82, 2.24) is 5.16 Å². The van der Waals surface area contributed by atoms with Crippen LogP contribution >= 0.6 is 11.6 Å². The molecule has 0 bridgehead atoms. The van der Waals surface area contributed by atoms with Crippen LogP contribution in [-0.2, 0) is 5.41 Å². The first-order valence-electron chi connectivity index (χ1n) is 6.82. The van der Waals surface area contributed by atoms with Gasteiger partial charge in [-0.3, -0.25) is 10.2 Å². The topological polar surface area (TPSA) is 91.3 Å². The minimum atomic E-state index is -0.610. The molecule has 0 saturated carbocycles. The smallest absolute Gasteiger partial charge is 0.245 e. The van der Waals surface area contributed by atoms with Gasteiger partial charge in [0, 0.05) is 16.5 Å². The molecule has 0 aliphatic rings. The van der Waals surface area contributed by atoms with Crippen LogP contribution < -0.4 is 5.43 Å². The Hall–Kier alpha value is -2.65. The van der Waals surface area contributed by atoms with Gasteiger partial charge in [-0.05, 0) is 18.2 Å². The predicted octanol–water partition coefficient (Wildman–Crippen LogP) is 3.80. The van der Waals surface area contributed by atoms with E-state index >= 15 is 0 Å². The highest BCUT2D eigenvalue weighted by Gasteiger charge is 2.24. The Morgan fingerprint density at radius 3 is 2.70 bits per heavy atom. The van der Waals surface area contributed by atoms with E-state index in [0.717, 1.165) is 0 Å². The molecule has 0 amide bonds. The van der Waals surface area contributed by atoms with Crippen molar-refractivity contribution in [2.45, 2.75) is 26.2 Å². The van der Waals surface area contributed by atoms with Crippen molar-refractivity contribution >= 4 is 28.8 Å². The zero-order valence-corrected chi connectivity index (χ0v) is 13.7. The standard InChI is InChI=1S/C16H15ClN4O2/c1-16(2,3)14-8-12(21-23-14)15(22)13(9-18)20-19-11-6-4-5-10(17)7-11/h4-8,19H,1-3H3/b20-13-. The number of nitriles is 1. The van der Waals surface area contributed by atoms with Crippen molar-refractivity contribution in [3.63, 3.8) is 0 Å². The van der Waals surface area contributed by atoms with Gasteiger partial charge in [0.05, 0.1) is 5.69 Å². The van der Waals surface area contributed by atoms with E-state index in [1.165, 1.54) is 6.07 Å². The number of hydrogen-bond acceptors (Lipinski definition) is 6. The maximum atomic E-state index is 12.3. The van der Waals surface area contributed by atoms with E-state index in [1.807, 2.05) is 20.8 Å². The quantitative estimate of drug-likeness (QED) is 0.523. The van der Waals surface area contributed by atoms with Crippen LogP contribution in [0.3, 0.4) is 0 Å². The number of rotatable bonds is 4. The fraction of sp³-hybridized carbons (Fsp3) is 0.250. The molecule has 23 heavy (non-hydrogen) atoms. The van der Waals surface area contributed by atoms with Crippen molar-refractivity contribution < 1.29 is 9.32 Å². The van der Waals surface area contributed by atoms with E-state index in [2.05, 4.69) is 15.7 Å². The number of hydrogen-bond donors (Lipinski definition) is 1. The Bertz CT molecular complexity index is 797. The molecule has 0 aliphatic carbocycles. The Labute approximate surface area is 138 Å². The first-order valence-corrected chi connectivity index (χ1v) is 7.20. The lowest BCUT2D eigenvalue weighted by molar-refractivity contribution is 0.105. The lowest BCUT2D eigenvalue weighted by Gasteiger charge is -2.11. The van der Waals surface area contributed by atoms with Crippen molar-refractivity contribution in [1.29, 1.82) is 5.26 Å². The number of ketones is 1. The molecular formula is C16H15ClN4O2. The number of halogens is 1. The maximum absolute atomic E-state index is 12.3. The third kappa shape index (κ3) is 4.18. The van der Waals surface area contributed by atoms with Gasteiger partial charge in [-0.2, -0.15) is 10.4 Å². The largest absolute Gasteiger partial charge is 0.360 e. The lowest BCUT2D eigenvalue weighted by atomic mass is 9.93. The first kappa shape index (κ1) is 16.7. The Kier molecular flexibility index (Phi) is 4.82. The van der Waals surface area contributed by atoms with E-state index in [4.69, 9.17) is 21.4 Å². The molecule has 1 heterocycles. The summed E-state index contributed by atoms with van der Waals surface area (Å²) in [4.78, 5) is 12.3. The zero-order valence-electron chi connectivity index (χ0n) is 12.9. The average Bonchev–Trinajstić information content (AvgIpc) is 2.97. The van der Waals surface area contributed by atoms with Crippen molar-refractivity contribution in [3.05, 3.63) is 46.8 Å². The molecule has 1 aromatic carbocycles. The van der Waals surface area contributed by atoms with Gasteiger partial charge in [-0.1, -0.05) is 43.6 Å². The predicted molar refractivity (Wildman–Crippen MR) is 87.7 cm³/mol. The van der Waals surface area contributed by atoms with Crippen LogP contribution in [0.15, 0.2) is 40.0 Å². The maximum Gasteiger partial charge on any atom is 0.245 e. The van der Waals surface area contributed by atoms with Crippen molar-refractivity contribution in [2.24, 2.45) is 5.10 Å².